The molecule has 0 bridgehead atoms. The summed E-state index contributed by atoms with van der Waals surface area (Å²) in [6.07, 6.45) is 3.96. The van der Waals surface area contributed by atoms with Crippen molar-refractivity contribution in [2.45, 2.75) is 13.3 Å². The number of aryl methyl sites for hydroxylation is 1. The number of hydrogen-bond acceptors (Lipinski definition) is 7. The van der Waals surface area contributed by atoms with Gasteiger partial charge >= 0.3 is 5.97 Å². The highest BCUT2D eigenvalue weighted by Crippen LogP contribution is 2.30. The second-order valence-electron chi connectivity index (χ2n) is 6.77. The average Bonchev–Trinajstić information content (AvgIpc) is 3.12. The molecule has 154 valence electrons. The standard InChI is InChI=1S/C21H20N4O5/c1-11-9-25-10-12(22-19(25)7-13(11)21(27)30-4)5-18-23-15-8-17(29-3)16(28-2)6-14(15)20(26)24-18/h6-10H,5H2,1-4H3,(H,23,24,26). The number of rotatable bonds is 5. The van der Waals surface area contributed by atoms with Crippen molar-refractivity contribution in [3.8, 4) is 11.5 Å². The molecule has 0 radical (unpaired) electrons. The van der Waals surface area contributed by atoms with Crippen LogP contribution >= 0.6 is 0 Å². The van der Waals surface area contributed by atoms with Crippen molar-refractivity contribution >= 4 is 22.5 Å². The Labute approximate surface area is 171 Å². The van der Waals surface area contributed by atoms with E-state index in [1.807, 2.05) is 23.7 Å². The van der Waals surface area contributed by atoms with Crippen molar-refractivity contribution in [3.05, 3.63) is 63.6 Å². The molecule has 4 aromatic rings. The number of pyridine rings is 1. The SMILES string of the molecule is COC(=O)c1cc2nc(Cc3nc4cc(OC)c(OC)cc4c(=O)[nH]3)cn2cc1C. The summed E-state index contributed by atoms with van der Waals surface area (Å²) in [5.74, 6) is 1.01. The Morgan fingerprint density at radius 1 is 1.07 bits per heavy atom. The third-order valence-corrected chi connectivity index (χ3v) is 4.86. The zero-order valence-corrected chi connectivity index (χ0v) is 17.0. The van der Waals surface area contributed by atoms with Crippen LogP contribution in [0.1, 0.15) is 27.4 Å². The lowest BCUT2D eigenvalue weighted by atomic mass is 10.1. The first-order valence-electron chi connectivity index (χ1n) is 9.15. The molecule has 0 aliphatic carbocycles. The predicted molar refractivity (Wildman–Crippen MR) is 110 cm³/mol. The number of hydrogen-bond donors (Lipinski definition) is 1. The van der Waals surface area contributed by atoms with Gasteiger partial charge in [0.25, 0.3) is 5.56 Å². The molecule has 0 saturated carbocycles. The molecular weight excluding hydrogens is 388 g/mol. The minimum absolute atomic E-state index is 0.275. The number of aromatic nitrogens is 4. The monoisotopic (exact) mass is 408 g/mol. The van der Waals surface area contributed by atoms with Crippen LogP contribution in [-0.4, -0.2) is 46.7 Å². The van der Waals surface area contributed by atoms with Crippen LogP contribution in [0.5, 0.6) is 11.5 Å². The van der Waals surface area contributed by atoms with Crippen LogP contribution in [0.25, 0.3) is 16.6 Å². The van der Waals surface area contributed by atoms with Crippen molar-refractivity contribution in [3.63, 3.8) is 0 Å². The van der Waals surface area contributed by atoms with Crippen molar-refractivity contribution in [2.24, 2.45) is 0 Å². The van der Waals surface area contributed by atoms with Crippen LogP contribution in [0.3, 0.4) is 0 Å². The number of H-pyrrole nitrogens is 1. The largest absolute Gasteiger partial charge is 0.493 e. The quantitative estimate of drug-likeness (QED) is 0.505. The molecule has 1 aromatic carbocycles. The molecule has 3 heterocycles. The predicted octanol–water partition coefficient (Wildman–Crippen LogP) is 2.27. The van der Waals surface area contributed by atoms with E-state index in [-0.39, 0.29) is 5.56 Å². The first-order valence-corrected chi connectivity index (χ1v) is 9.15. The fraction of sp³-hybridized carbons (Fsp3) is 0.238. The number of aromatic amines is 1. The molecule has 4 rings (SSSR count). The number of ether oxygens (including phenoxy) is 3. The van der Waals surface area contributed by atoms with Crippen molar-refractivity contribution in [1.82, 2.24) is 19.4 Å². The summed E-state index contributed by atoms with van der Waals surface area (Å²) < 4.78 is 17.2. The Kier molecular flexibility index (Phi) is 4.86. The zero-order chi connectivity index (χ0) is 21.4. The first-order chi connectivity index (χ1) is 14.4. The molecule has 0 fully saturated rings. The second-order valence-corrected chi connectivity index (χ2v) is 6.77. The normalized spacial score (nSPS) is 11.1. The maximum absolute atomic E-state index is 12.6. The topological polar surface area (TPSA) is 108 Å². The Balaban J connectivity index is 1.74. The Hall–Kier alpha value is -3.88. The van der Waals surface area contributed by atoms with Gasteiger partial charge in [0.15, 0.2) is 11.5 Å². The van der Waals surface area contributed by atoms with E-state index in [1.165, 1.54) is 21.3 Å². The molecule has 3 aromatic heterocycles. The van der Waals surface area contributed by atoms with Gasteiger partial charge in [0, 0.05) is 24.9 Å². The highest BCUT2D eigenvalue weighted by Gasteiger charge is 2.14. The number of carbonyl (C=O) groups is 1. The summed E-state index contributed by atoms with van der Waals surface area (Å²) in [6.45, 7) is 1.83. The Morgan fingerprint density at radius 3 is 2.50 bits per heavy atom. The molecule has 0 aliphatic rings. The van der Waals surface area contributed by atoms with Gasteiger partial charge in [-0.25, -0.2) is 14.8 Å². The van der Waals surface area contributed by atoms with Gasteiger partial charge < -0.3 is 23.6 Å². The van der Waals surface area contributed by atoms with Gasteiger partial charge in [-0.15, -0.1) is 0 Å². The average molecular weight is 408 g/mol. The number of imidazole rings is 1. The van der Waals surface area contributed by atoms with Crippen LogP contribution in [0.15, 0.2) is 35.4 Å². The molecular formula is C21H20N4O5. The molecule has 0 unspecified atom stereocenters. The van der Waals surface area contributed by atoms with Gasteiger partial charge in [-0.1, -0.05) is 0 Å². The fourth-order valence-corrected chi connectivity index (χ4v) is 3.38. The molecule has 0 aliphatic heterocycles. The van der Waals surface area contributed by atoms with Gasteiger partial charge in [0.2, 0.25) is 0 Å². The maximum Gasteiger partial charge on any atom is 0.338 e. The molecule has 9 nitrogen and oxygen atoms in total. The van der Waals surface area contributed by atoms with Crippen LogP contribution in [0.2, 0.25) is 0 Å². The van der Waals surface area contributed by atoms with Crippen LogP contribution in [-0.2, 0) is 11.2 Å². The van der Waals surface area contributed by atoms with Gasteiger partial charge in [-0.2, -0.15) is 0 Å². The summed E-state index contributed by atoms with van der Waals surface area (Å²) in [6, 6.07) is 4.95. The lowest BCUT2D eigenvalue weighted by molar-refractivity contribution is 0.0600. The molecule has 0 saturated heterocycles. The van der Waals surface area contributed by atoms with E-state index in [9.17, 15) is 9.59 Å². The number of fused-ring (bicyclic) bond motifs is 2. The number of nitrogens with zero attached hydrogens (tertiary/aromatic N) is 3. The summed E-state index contributed by atoms with van der Waals surface area (Å²) in [5, 5.41) is 0.407. The number of esters is 1. The number of methoxy groups -OCH3 is 3. The summed E-state index contributed by atoms with van der Waals surface area (Å²) in [4.78, 5) is 36.4. The third-order valence-electron chi connectivity index (χ3n) is 4.86. The van der Waals surface area contributed by atoms with Crippen molar-refractivity contribution in [2.75, 3.05) is 21.3 Å². The smallest absolute Gasteiger partial charge is 0.338 e. The number of benzene rings is 1. The van der Waals surface area contributed by atoms with Gasteiger partial charge in [0.1, 0.15) is 11.5 Å². The van der Waals surface area contributed by atoms with Crippen molar-refractivity contribution in [1.29, 1.82) is 0 Å². The molecule has 9 heteroatoms. The molecule has 1 N–H and O–H groups in total. The minimum Gasteiger partial charge on any atom is -0.493 e. The minimum atomic E-state index is -0.413. The van der Waals surface area contributed by atoms with E-state index in [4.69, 9.17) is 14.2 Å². The Morgan fingerprint density at radius 2 is 1.80 bits per heavy atom. The van der Waals surface area contributed by atoms with Crippen LogP contribution in [0, 0.1) is 6.92 Å². The van der Waals surface area contributed by atoms with Crippen molar-refractivity contribution < 1.29 is 19.0 Å². The molecule has 0 spiro atoms. The lowest BCUT2D eigenvalue weighted by Crippen LogP contribution is -2.12. The summed E-state index contributed by atoms with van der Waals surface area (Å²) in [5.41, 5.74) is 2.75. The van der Waals surface area contributed by atoms with Gasteiger partial charge in [-0.05, 0) is 24.6 Å². The first kappa shape index (κ1) is 19.4. The fourth-order valence-electron chi connectivity index (χ4n) is 3.38. The van der Waals surface area contributed by atoms with Gasteiger partial charge in [-0.3, -0.25) is 4.79 Å². The van der Waals surface area contributed by atoms with E-state index in [0.717, 1.165) is 5.56 Å². The van der Waals surface area contributed by atoms with Crippen LogP contribution < -0.4 is 15.0 Å². The van der Waals surface area contributed by atoms with E-state index in [2.05, 4.69) is 15.0 Å². The van der Waals surface area contributed by atoms with E-state index >= 15 is 0 Å². The maximum atomic E-state index is 12.6. The second kappa shape index (κ2) is 7.51. The zero-order valence-electron chi connectivity index (χ0n) is 17.0. The van der Waals surface area contributed by atoms with E-state index in [1.54, 1.807) is 18.2 Å². The molecule has 30 heavy (non-hydrogen) atoms. The highest BCUT2D eigenvalue weighted by molar-refractivity contribution is 5.92. The summed E-state index contributed by atoms with van der Waals surface area (Å²) in [7, 11) is 4.38. The van der Waals surface area contributed by atoms with E-state index < -0.39 is 5.97 Å². The van der Waals surface area contributed by atoms with Gasteiger partial charge in [0.05, 0.1) is 43.5 Å². The third kappa shape index (κ3) is 3.34. The summed E-state index contributed by atoms with van der Waals surface area (Å²) >= 11 is 0. The molecule has 0 atom stereocenters. The molecule has 0 amide bonds. The Bertz CT molecular complexity index is 1340. The van der Waals surface area contributed by atoms with Crippen LogP contribution in [0.4, 0.5) is 0 Å². The number of carbonyl (C=O) groups excluding carboxylic acids is 1. The lowest BCUT2D eigenvalue weighted by Gasteiger charge is -2.09. The van der Waals surface area contributed by atoms with E-state index in [0.29, 0.717) is 51.6 Å². The highest BCUT2D eigenvalue weighted by atomic mass is 16.5. The number of nitrogens with one attached hydrogen (secondary N) is 1.